The molecule has 1 N–H and O–H groups in total. The van der Waals surface area contributed by atoms with Crippen LogP contribution in [0.1, 0.15) is 86.4 Å². The predicted molar refractivity (Wildman–Crippen MR) is 170 cm³/mol. The van der Waals surface area contributed by atoms with E-state index in [1.165, 1.54) is 23.9 Å². The van der Waals surface area contributed by atoms with Crippen LogP contribution in [0.15, 0.2) is 54.6 Å². The summed E-state index contributed by atoms with van der Waals surface area (Å²) in [6, 6.07) is 13.8. The molecule has 250 valence electrons. The second kappa shape index (κ2) is 14.3. The third-order valence-electron chi connectivity index (χ3n) is 10.2. The topological polar surface area (TPSA) is 61.6 Å². The zero-order valence-corrected chi connectivity index (χ0v) is 27.2. The van der Waals surface area contributed by atoms with Gasteiger partial charge >= 0.3 is 12.1 Å². The van der Waals surface area contributed by atoms with Gasteiger partial charge in [0.25, 0.3) is 0 Å². The Hall–Kier alpha value is -3.24. The fourth-order valence-corrected chi connectivity index (χ4v) is 7.85. The molecule has 2 aliphatic rings. The Labute approximate surface area is 269 Å². The number of nitrogens with zero attached hydrogens (tertiary/aromatic N) is 4. The molecule has 3 aromatic rings. The van der Waals surface area contributed by atoms with Gasteiger partial charge in [0.1, 0.15) is 11.9 Å². The fourth-order valence-electron chi connectivity index (χ4n) is 7.85. The van der Waals surface area contributed by atoms with Crippen molar-refractivity contribution in [2.24, 2.45) is 11.8 Å². The van der Waals surface area contributed by atoms with Gasteiger partial charge in [-0.15, -0.1) is 0 Å². The van der Waals surface area contributed by atoms with Gasteiger partial charge < -0.3 is 10.0 Å². The van der Waals surface area contributed by atoms with E-state index in [0.717, 1.165) is 80.8 Å². The SMILES string of the molecule is CCn1nc(Cc2ccc(C(F)(F)F)cc2)cc1C1CCN(CC2CC(N(C)[C@@H](C(=O)O)C(C)C)CC2c2cccc(F)c2)CC1. The summed E-state index contributed by atoms with van der Waals surface area (Å²) in [6.45, 7) is 9.39. The molecule has 2 fully saturated rings. The molecule has 2 aromatic carbocycles. The monoisotopic (exact) mass is 642 g/mol. The van der Waals surface area contributed by atoms with Crippen LogP contribution in [-0.2, 0) is 23.9 Å². The standard InChI is InChI=1S/C36H46F4N4O2/c1-5-44-33(20-30(41-44)17-24-9-11-28(12-10-24)36(38,39)40)25-13-15-43(16-14-25)22-27-19-31(42(4)34(23(2)3)35(45)46)21-32(27)26-7-6-8-29(37)18-26/h6-12,18,20,23,25,27,31-32,34H,5,13-17,19,21-22H2,1-4H3,(H,45,46)/t27?,31?,32?,34-/m1/s1. The summed E-state index contributed by atoms with van der Waals surface area (Å²) < 4.78 is 55.3. The maximum Gasteiger partial charge on any atom is 0.416 e. The average Bonchev–Trinajstić information content (AvgIpc) is 3.61. The number of aryl methyl sites for hydroxylation is 1. The molecule has 5 rings (SSSR count). The molecule has 4 atom stereocenters. The number of benzene rings is 2. The summed E-state index contributed by atoms with van der Waals surface area (Å²) >= 11 is 0. The van der Waals surface area contributed by atoms with Crippen LogP contribution in [0.25, 0.3) is 0 Å². The molecule has 0 amide bonds. The molecule has 0 spiro atoms. The lowest BCUT2D eigenvalue weighted by Crippen LogP contribution is -2.47. The Bertz CT molecular complexity index is 1460. The first-order valence-electron chi connectivity index (χ1n) is 16.5. The molecule has 1 saturated heterocycles. The number of halogens is 4. The van der Waals surface area contributed by atoms with Gasteiger partial charge in [-0.3, -0.25) is 14.4 Å². The molecule has 2 heterocycles. The van der Waals surface area contributed by atoms with E-state index in [1.807, 2.05) is 36.5 Å². The number of rotatable bonds is 11. The first kappa shape index (κ1) is 34.1. The van der Waals surface area contributed by atoms with Crippen LogP contribution in [-0.4, -0.2) is 69.4 Å². The molecule has 1 aliphatic carbocycles. The van der Waals surface area contributed by atoms with Gasteiger partial charge in [0.15, 0.2) is 0 Å². The Balaban J connectivity index is 1.24. The third-order valence-corrected chi connectivity index (χ3v) is 10.2. The van der Waals surface area contributed by atoms with E-state index in [4.69, 9.17) is 5.10 Å². The van der Waals surface area contributed by atoms with Crippen LogP contribution >= 0.6 is 0 Å². The number of hydrogen-bond donors (Lipinski definition) is 1. The van der Waals surface area contributed by atoms with E-state index in [2.05, 4.69) is 17.9 Å². The highest BCUT2D eigenvalue weighted by atomic mass is 19.4. The zero-order chi connectivity index (χ0) is 33.2. The van der Waals surface area contributed by atoms with Crippen molar-refractivity contribution in [1.82, 2.24) is 19.6 Å². The van der Waals surface area contributed by atoms with Crippen molar-refractivity contribution in [3.63, 3.8) is 0 Å². The lowest BCUT2D eigenvalue weighted by Gasteiger charge is -2.35. The van der Waals surface area contributed by atoms with Crippen LogP contribution in [0.3, 0.4) is 0 Å². The van der Waals surface area contributed by atoms with Crippen molar-refractivity contribution < 1.29 is 27.5 Å². The Morgan fingerprint density at radius 2 is 1.76 bits per heavy atom. The molecule has 6 nitrogen and oxygen atoms in total. The van der Waals surface area contributed by atoms with Crippen molar-refractivity contribution in [2.45, 2.75) is 89.5 Å². The van der Waals surface area contributed by atoms with Crippen LogP contribution in [0.5, 0.6) is 0 Å². The summed E-state index contributed by atoms with van der Waals surface area (Å²) in [6.07, 6.45) is -0.257. The molecule has 1 saturated carbocycles. The van der Waals surface area contributed by atoms with Crippen LogP contribution in [0.2, 0.25) is 0 Å². The van der Waals surface area contributed by atoms with Gasteiger partial charge in [-0.2, -0.15) is 18.3 Å². The van der Waals surface area contributed by atoms with Crippen molar-refractivity contribution >= 4 is 5.97 Å². The summed E-state index contributed by atoms with van der Waals surface area (Å²) in [7, 11) is 1.92. The molecule has 1 aliphatic heterocycles. The van der Waals surface area contributed by atoms with E-state index >= 15 is 0 Å². The molecule has 10 heteroatoms. The largest absolute Gasteiger partial charge is 0.480 e. The lowest BCUT2D eigenvalue weighted by atomic mass is 9.87. The lowest BCUT2D eigenvalue weighted by molar-refractivity contribution is -0.145. The number of carboxylic acid groups (broad SMARTS) is 1. The number of carbonyl (C=O) groups is 1. The number of alkyl halides is 3. The fraction of sp³-hybridized carbons (Fsp3) is 0.556. The van der Waals surface area contributed by atoms with E-state index in [1.54, 1.807) is 12.1 Å². The number of likely N-dealkylation sites (tertiary alicyclic amines) is 1. The van der Waals surface area contributed by atoms with Gasteiger partial charge in [0, 0.05) is 37.2 Å². The zero-order valence-electron chi connectivity index (χ0n) is 27.2. The van der Waals surface area contributed by atoms with E-state index < -0.39 is 23.8 Å². The molecule has 3 unspecified atom stereocenters. The summed E-state index contributed by atoms with van der Waals surface area (Å²) in [5.74, 6) is -0.307. The van der Waals surface area contributed by atoms with Gasteiger partial charge in [-0.1, -0.05) is 38.1 Å². The second-order valence-electron chi connectivity index (χ2n) is 13.6. The van der Waals surface area contributed by atoms with Crippen molar-refractivity contribution in [2.75, 3.05) is 26.7 Å². The number of piperidine rings is 1. The molecular weight excluding hydrogens is 596 g/mol. The third kappa shape index (κ3) is 7.82. The Morgan fingerprint density at radius 1 is 1.07 bits per heavy atom. The quantitative estimate of drug-likeness (QED) is 0.221. The van der Waals surface area contributed by atoms with Crippen LogP contribution in [0, 0.1) is 17.7 Å². The number of hydrogen-bond acceptors (Lipinski definition) is 4. The predicted octanol–water partition coefficient (Wildman–Crippen LogP) is 7.43. The molecule has 0 bridgehead atoms. The Morgan fingerprint density at radius 3 is 2.35 bits per heavy atom. The van der Waals surface area contributed by atoms with E-state index in [0.29, 0.717) is 12.3 Å². The van der Waals surface area contributed by atoms with E-state index in [9.17, 15) is 27.5 Å². The maximum absolute atomic E-state index is 14.3. The first-order valence-corrected chi connectivity index (χ1v) is 16.5. The van der Waals surface area contributed by atoms with Crippen molar-refractivity contribution in [1.29, 1.82) is 0 Å². The average molecular weight is 643 g/mol. The minimum Gasteiger partial charge on any atom is -0.480 e. The highest BCUT2D eigenvalue weighted by Crippen LogP contribution is 2.44. The van der Waals surface area contributed by atoms with Gasteiger partial charge in [-0.05, 0) is 112 Å². The van der Waals surface area contributed by atoms with Crippen molar-refractivity contribution in [3.8, 4) is 0 Å². The number of aromatic nitrogens is 2. The smallest absolute Gasteiger partial charge is 0.416 e. The minimum atomic E-state index is -4.35. The summed E-state index contributed by atoms with van der Waals surface area (Å²) in [5.41, 5.74) is 3.17. The normalized spacial score (nSPS) is 22.2. The first-order chi connectivity index (χ1) is 21.8. The number of aliphatic carboxylic acids is 1. The summed E-state index contributed by atoms with van der Waals surface area (Å²) in [5, 5.41) is 14.7. The number of likely N-dealkylation sites (N-methyl/N-ethyl adjacent to an activating group) is 1. The number of carboxylic acids is 1. The Kier molecular flexibility index (Phi) is 10.6. The minimum absolute atomic E-state index is 0.0276. The maximum atomic E-state index is 14.3. The molecule has 46 heavy (non-hydrogen) atoms. The molecular formula is C36H46F4N4O2. The highest BCUT2D eigenvalue weighted by Gasteiger charge is 2.42. The second-order valence-corrected chi connectivity index (χ2v) is 13.6. The van der Waals surface area contributed by atoms with Crippen LogP contribution in [0.4, 0.5) is 17.6 Å². The van der Waals surface area contributed by atoms with Gasteiger partial charge in [-0.25, -0.2) is 4.39 Å². The molecule has 1 aromatic heterocycles. The van der Waals surface area contributed by atoms with Gasteiger partial charge in [0.05, 0.1) is 11.3 Å². The van der Waals surface area contributed by atoms with Gasteiger partial charge in [0.2, 0.25) is 0 Å². The summed E-state index contributed by atoms with van der Waals surface area (Å²) in [4.78, 5) is 16.7. The molecule has 0 radical (unpaired) electrons. The van der Waals surface area contributed by atoms with E-state index in [-0.39, 0.29) is 29.6 Å². The van der Waals surface area contributed by atoms with Crippen LogP contribution < -0.4 is 0 Å². The highest BCUT2D eigenvalue weighted by molar-refractivity contribution is 5.73. The van der Waals surface area contributed by atoms with Crippen molar-refractivity contribution in [3.05, 3.63) is 88.5 Å².